The van der Waals surface area contributed by atoms with E-state index in [1.807, 2.05) is 0 Å². The first kappa shape index (κ1) is 16.0. The Morgan fingerprint density at radius 3 is 2.67 bits per heavy atom. The lowest BCUT2D eigenvalue weighted by Crippen LogP contribution is -2.43. The van der Waals surface area contributed by atoms with E-state index in [1.165, 1.54) is 13.4 Å². The number of esters is 1. The minimum atomic E-state index is -3.15. The molecule has 1 aliphatic rings. The minimum absolute atomic E-state index is 0.00141. The number of nitrogens with one attached hydrogen (secondary N) is 1. The maximum atomic E-state index is 11.3. The van der Waals surface area contributed by atoms with Crippen LogP contribution in [0.3, 0.4) is 0 Å². The van der Waals surface area contributed by atoms with Gasteiger partial charge in [-0.05, 0) is 25.0 Å². The van der Waals surface area contributed by atoms with Crippen LogP contribution in [0.5, 0.6) is 0 Å². The Hall–Kier alpha value is -1.38. The van der Waals surface area contributed by atoms with Crippen LogP contribution in [-0.4, -0.2) is 51.8 Å². The number of rotatable bonds is 5. The van der Waals surface area contributed by atoms with E-state index in [4.69, 9.17) is 4.42 Å². The molecule has 0 amide bonds. The second-order valence-corrected chi connectivity index (χ2v) is 6.98. The number of likely N-dealkylation sites (tertiary alicyclic amines) is 1. The van der Waals surface area contributed by atoms with E-state index in [-0.39, 0.29) is 11.8 Å². The lowest BCUT2D eigenvalue weighted by Gasteiger charge is -2.31. The Morgan fingerprint density at radius 1 is 1.43 bits per heavy atom. The minimum Gasteiger partial charge on any atom is -0.463 e. The summed E-state index contributed by atoms with van der Waals surface area (Å²) in [4.78, 5) is 13.5. The summed E-state index contributed by atoms with van der Waals surface area (Å²) in [5.74, 6) is 0.406. The Kier molecular flexibility index (Phi) is 5.02. The van der Waals surface area contributed by atoms with Crippen molar-refractivity contribution in [3.05, 3.63) is 23.7 Å². The molecule has 7 nitrogen and oxygen atoms in total. The van der Waals surface area contributed by atoms with Crippen molar-refractivity contribution in [3.63, 3.8) is 0 Å². The van der Waals surface area contributed by atoms with Crippen molar-refractivity contribution in [2.75, 3.05) is 26.5 Å². The Labute approximate surface area is 124 Å². The normalized spacial score (nSPS) is 17.8. The summed E-state index contributed by atoms with van der Waals surface area (Å²) in [5, 5.41) is 0. The van der Waals surface area contributed by atoms with Gasteiger partial charge in [-0.3, -0.25) is 4.90 Å². The van der Waals surface area contributed by atoms with E-state index in [0.717, 1.165) is 25.9 Å². The highest BCUT2D eigenvalue weighted by Crippen LogP contribution is 2.16. The standard InChI is InChI=1S/C13H20N2O5S/c1-19-13(16)12-4-3-11(20-12)9-15-7-5-10(6-8-15)14-21(2,17)18/h3-4,10,14H,5-9H2,1-2H3. The molecule has 1 saturated heterocycles. The van der Waals surface area contributed by atoms with Crippen molar-refractivity contribution in [3.8, 4) is 0 Å². The van der Waals surface area contributed by atoms with Crippen molar-refractivity contribution in [1.29, 1.82) is 0 Å². The zero-order valence-corrected chi connectivity index (χ0v) is 13.0. The van der Waals surface area contributed by atoms with E-state index >= 15 is 0 Å². The molecule has 118 valence electrons. The van der Waals surface area contributed by atoms with Crippen molar-refractivity contribution in [2.45, 2.75) is 25.4 Å². The first-order valence-electron chi connectivity index (χ1n) is 6.74. The molecular formula is C13H20N2O5S. The van der Waals surface area contributed by atoms with E-state index in [9.17, 15) is 13.2 Å². The number of furan rings is 1. The summed E-state index contributed by atoms with van der Waals surface area (Å²) >= 11 is 0. The number of hydrogen-bond donors (Lipinski definition) is 1. The van der Waals surface area contributed by atoms with Crippen molar-refractivity contribution in [2.24, 2.45) is 0 Å². The van der Waals surface area contributed by atoms with E-state index in [2.05, 4.69) is 14.4 Å². The van der Waals surface area contributed by atoms with Gasteiger partial charge in [-0.2, -0.15) is 0 Å². The number of nitrogens with zero attached hydrogens (tertiary/aromatic N) is 1. The van der Waals surface area contributed by atoms with Gasteiger partial charge in [-0.15, -0.1) is 0 Å². The molecule has 0 unspecified atom stereocenters. The molecule has 0 aliphatic carbocycles. The highest BCUT2D eigenvalue weighted by molar-refractivity contribution is 7.88. The molecule has 0 atom stereocenters. The maximum Gasteiger partial charge on any atom is 0.373 e. The Balaban J connectivity index is 1.83. The second kappa shape index (κ2) is 6.59. The number of hydrogen-bond acceptors (Lipinski definition) is 6. The largest absolute Gasteiger partial charge is 0.463 e. The van der Waals surface area contributed by atoms with Crippen LogP contribution in [0.4, 0.5) is 0 Å². The average molecular weight is 316 g/mol. The number of ether oxygens (including phenoxy) is 1. The number of sulfonamides is 1. The van der Waals surface area contributed by atoms with E-state index in [0.29, 0.717) is 12.3 Å². The molecule has 0 saturated carbocycles. The van der Waals surface area contributed by atoms with Crippen LogP contribution in [0.25, 0.3) is 0 Å². The molecule has 2 rings (SSSR count). The van der Waals surface area contributed by atoms with Crippen LogP contribution in [0.1, 0.15) is 29.2 Å². The Bertz CT molecular complexity index is 587. The molecule has 2 heterocycles. The highest BCUT2D eigenvalue weighted by atomic mass is 32.2. The SMILES string of the molecule is COC(=O)c1ccc(CN2CCC(NS(C)(=O)=O)CC2)o1. The van der Waals surface area contributed by atoms with Crippen molar-refractivity contribution < 1.29 is 22.4 Å². The van der Waals surface area contributed by atoms with Crippen molar-refractivity contribution >= 4 is 16.0 Å². The van der Waals surface area contributed by atoms with Gasteiger partial charge < -0.3 is 9.15 Å². The number of methoxy groups -OCH3 is 1. The molecule has 1 aliphatic heterocycles. The first-order valence-corrected chi connectivity index (χ1v) is 8.63. The molecule has 1 N–H and O–H groups in total. The Morgan fingerprint density at radius 2 is 2.10 bits per heavy atom. The molecular weight excluding hydrogens is 296 g/mol. The maximum absolute atomic E-state index is 11.3. The third-order valence-corrected chi connectivity index (χ3v) is 4.16. The second-order valence-electron chi connectivity index (χ2n) is 5.20. The van der Waals surface area contributed by atoms with E-state index in [1.54, 1.807) is 12.1 Å². The fraction of sp³-hybridized carbons (Fsp3) is 0.615. The number of piperidine rings is 1. The predicted octanol–water partition coefficient (Wildman–Crippen LogP) is 0.580. The topological polar surface area (TPSA) is 88.9 Å². The van der Waals surface area contributed by atoms with Crippen LogP contribution in [-0.2, 0) is 21.3 Å². The molecule has 1 fully saturated rings. The van der Waals surface area contributed by atoms with E-state index < -0.39 is 16.0 Å². The molecule has 1 aromatic heterocycles. The zero-order valence-electron chi connectivity index (χ0n) is 12.2. The third-order valence-electron chi connectivity index (χ3n) is 3.40. The first-order chi connectivity index (χ1) is 9.87. The highest BCUT2D eigenvalue weighted by Gasteiger charge is 2.22. The quantitative estimate of drug-likeness (QED) is 0.799. The summed E-state index contributed by atoms with van der Waals surface area (Å²) in [7, 11) is -1.84. The monoisotopic (exact) mass is 316 g/mol. The van der Waals surface area contributed by atoms with Gasteiger partial charge in [-0.25, -0.2) is 17.9 Å². The summed E-state index contributed by atoms with van der Waals surface area (Å²) in [5.41, 5.74) is 0. The van der Waals surface area contributed by atoms with Gasteiger partial charge in [0.15, 0.2) is 0 Å². The smallest absolute Gasteiger partial charge is 0.373 e. The molecule has 1 aromatic rings. The van der Waals surface area contributed by atoms with Crippen LogP contribution < -0.4 is 4.72 Å². The number of carbonyl (C=O) groups excluding carboxylic acids is 1. The number of carbonyl (C=O) groups is 1. The third kappa shape index (κ3) is 4.83. The fourth-order valence-electron chi connectivity index (χ4n) is 2.41. The summed E-state index contributed by atoms with van der Waals surface area (Å²) < 4.78 is 35.0. The summed E-state index contributed by atoms with van der Waals surface area (Å²) in [6, 6.07) is 3.35. The van der Waals surface area contributed by atoms with Crippen LogP contribution in [0, 0.1) is 0 Å². The predicted molar refractivity (Wildman–Crippen MR) is 76.3 cm³/mol. The zero-order chi connectivity index (χ0) is 15.5. The lowest BCUT2D eigenvalue weighted by molar-refractivity contribution is 0.0560. The van der Waals surface area contributed by atoms with Gasteiger partial charge in [0.1, 0.15) is 5.76 Å². The van der Waals surface area contributed by atoms with Crippen LogP contribution in [0.15, 0.2) is 16.5 Å². The molecule has 0 radical (unpaired) electrons. The van der Waals surface area contributed by atoms with Gasteiger partial charge in [0.05, 0.1) is 19.9 Å². The average Bonchev–Trinajstić information content (AvgIpc) is 2.87. The lowest BCUT2D eigenvalue weighted by atomic mass is 10.1. The van der Waals surface area contributed by atoms with Crippen LogP contribution >= 0.6 is 0 Å². The summed E-state index contributed by atoms with van der Waals surface area (Å²) in [6.07, 6.45) is 2.70. The fourth-order valence-corrected chi connectivity index (χ4v) is 3.25. The molecule has 8 heteroatoms. The van der Waals surface area contributed by atoms with Crippen molar-refractivity contribution in [1.82, 2.24) is 9.62 Å². The summed E-state index contributed by atoms with van der Waals surface area (Å²) in [6.45, 7) is 2.16. The van der Waals surface area contributed by atoms with Gasteiger partial charge in [0, 0.05) is 19.1 Å². The molecule has 0 spiro atoms. The van der Waals surface area contributed by atoms with Crippen LogP contribution in [0.2, 0.25) is 0 Å². The van der Waals surface area contributed by atoms with Gasteiger partial charge in [0.2, 0.25) is 15.8 Å². The van der Waals surface area contributed by atoms with Gasteiger partial charge in [0.25, 0.3) is 0 Å². The molecule has 0 aromatic carbocycles. The van der Waals surface area contributed by atoms with Gasteiger partial charge >= 0.3 is 5.97 Å². The molecule has 21 heavy (non-hydrogen) atoms. The van der Waals surface area contributed by atoms with Gasteiger partial charge in [-0.1, -0.05) is 0 Å². The molecule has 0 bridgehead atoms.